The van der Waals surface area contributed by atoms with Crippen LogP contribution in [0.3, 0.4) is 0 Å². The Morgan fingerprint density at radius 3 is 1.11 bits per heavy atom. The van der Waals surface area contributed by atoms with Crippen molar-refractivity contribution < 1.29 is 62.2 Å². The minimum atomic E-state index is -0.595. The van der Waals surface area contributed by atoms with Crippen LogP contribution in [0.4, 0.5) is 0 Å². The molecule has 12 heterocycles. The van der Waals surface area contributed by atoms with E-state index in [-0.39, 0.29) is 38.9 Å². The van der Waals surface area contributed by atoms with Crippen molar-refractivity contribution in [2.45, 2.75) is 133 Å². The topological polar surface area (TPSA) is 286 Å². The van der Waals surface area contributed by atoms with E-state index in [1.807, 2.05) is 147 Å². The number of nitrogens with one attached hydrogen (secondary N) is 3. The smallest absolute Gasteiger partial charge is 0.253 e. The number of oxazole rings is 3. The number of piperidine rings is 4. The summed E-state index contributed by atoms with van der Waals surface area (Å²) in [7, 11) is 0. The molecule has 27 heteroatoms. The average molecular weight is 1960 g/mol. The number of benzene rings is 10. The van der Waals surface area contributed by atoms with Gasteiger partial charge < -0.3 is 96.8 Å². The average Bonchev–Trinajstić information content (AvgIpc) is 1.67. The van der Waals surface area contributed by atoms with Crippen molar-refractivity contribution in [3.8, 4) is 63.5 Å². The van der Waals surface area contributed by atoms with E-state index in [9.17, 15) is 25.2 Å². The Morgan fingerprint density at radius 2 is 0.730 bits per heavy atom. The maximum Gasteiger partial charge on any atom is 0.253 e. The maximum atomic E-state index is 12.9. The first kappa shape index (κ1) is 97.6. The number of carbonyl (C=O) groups is 1. The molecule has 24 nitrogen and oxygen atoms in total. The summed E-state index contributed by atoms with van der Waals surface area (Å²) in [4.78, 5) is 46.9. The van der Waals surface area contributed by atoms with E-state index in [0.717, 1.165) is 225 Å². The van der Waals surface area contributed by atoms with E-state index < -0.39 is 24.4 Å². The van der Waals surface area contributed by atoms with Gasteiger partial charge in [0.15, 0.2) is 0 Å². The van der Waals surface area contributed by atoms with Crippen LogP contribution >= 0.6 is 34.8 Å². The summed E-state index contributed by atoms with van der Waals surface area (Å²) in [6.45, 7) is 18.5. The first-order valence-electron chi connectivity index (χ1n) is 49.5. The maximum absolute atomic E-state index is 12.9. The van der Waals surface area contributed by atoms with E-state index >= 15 is 0 Å². The second-order valence-electron chi connectivity index (χ2n) is 38.3. The number of aromatic nitrogens is 6. The lowest BCUT2D eigenvalue weighted by atomic mass is 9.88. The zero-order chi connectivity index (χ0) is 96.8. The Hall–Kier alpha value is -12.3. The van der Waals surface area contributed by atoms with Crippen molar-refractivity contribution >= 4 is 101 Å². The third kappa shape index (κ3) is 24.7. The third-order valence-electron chi connectivity index (χ3n) is 28.0. The summed E-state index contributed by atoms with van der Waals surface area (Å²) in [5.41, 5.74) is 12.1. The van der Waals surface area contributed by atoms with Gasteiger partial charge in [-0.3, -0.25) is 4.79 Å². The fraction of sp³-hybridized carbons (Fsp3) is 0.351. The van der Waals surface area contributed by atoms with Gasteiger partial charge in [0.1, 0.15) is 121 Å². The number of halogens is 3. The van der Waals surface area contributed by atoms with Gasteiger partial charge in [0.25, 0.3) is 5.91 Å². The van der Waals surface area contributed by atoms with Crippen molar-refractivity contribution in [1.29, 1.82) is 0 Å². The van der Waals surface area contributed by atoms with Crippen LogP contribution in [0.15, 0.2) is 256 Å². The molecule has 0 spiro atoms. The predicted molar refractivity (Wildman–Crippen MR) is 557 cm³/mol. The number of nitrogens with zero attached hydrogens (tertiary/aromatic N) is 8. The largest absolute Gasteiger partial charge is 0.490 e. The van der Waals surface area contributed by atoms with E-state index in [1.165, 1.54) is 43.8 Å². The van der Waals surface area contributed by atoms with Crippen LogP contribution in [0.2, 0.25) is 15.1 Å². The number of aliphatic hydroxyl groups excluding tert-OH is 4. The Balaban J connectivity index is 0.000000120. The molecule has 732 valence electrons. The monoisotopic (exact) mass is 1960 g/mol. The number of carbonyl (C=O) groups excluding carboxylic acids is 1. The molecule has 5 fully saturated rings. The molecule has 22 rings (SSSR count). The number of likely N-dealkylation sites (tertiary alicyclic amines) is 5. The van der Waals surface area contributed by atoms with Gasteiger partial charge in [-0.15, -0.1) is 0 Å². The molecule has 141 heavy (non-hydrogen) atoms. The molecule has 7 N–H and O–H groups in total. The van der Waals surface area contributed by atoms with Gasteiger partial charge in [0.2, 0.25) is 17.7 Å². The Bertz CT molecular complexity index is 6930. The van der Waals surface area contributed by atoms with E-state index in [2.05, 4.69) is 153 Å². The van der Waals surface area contributed by atoms with E-state index in [4.69, 9.17) is 71.7 Å². The summed E-state index contributed by atoms with van der Waals surface area (Å²) < 4.78 is 47.0. The number of rotatable bonds is 28. The van der Waals surface area contributed by atoms with Crippen molar-refractivity contribution in [2.24, 2.45) is 0 Å². The van der Waals surface area contributed by atoms with Gasteiger partial charge in [-0.2, -0.15) is 0 Å². The summed E-state index contributed by atoms with van der Waals surface area (Å²) in [5, 5.41) is 52.7. The molecule has 0 bridgehead atoms. The highest BCUT2D eigenvalue weighted by molar-refractivity contribution is 6.42. The van der Waals surface area contributed by atoms with Crippen molar-refractivity contribution in [2.75, 3.05) is 125 Å². The fourth-order valence-corrected chi connectivity index (χ4v) is 20.9. The number of fused-ring (bicyclic) bond motifs is 6. The SMILES string of the molecule is Cc1cnc(-c2cc3c(OC[C@@H](O)CN4CCC(c5ccc(Cl)c(Cl)c5)CC4)cccc3[nH]2)o1.Cc1cnc(-c2cc3c(OC[C@@H](O)CN4CCC(c5ccc(Cl)cc5)CC4)cccc3[nH]2)o1.Cc1cnc(-c2cc3c(OC[C@@H](O)CN4CCC(c5ccc6ccccc6c5)CC4)cccc3[nH]2)o1.O=C(C1=Cc2c(cccc2OC[C@@H](O)CN2CCC(c3ccc4ccccc4c3)CC2)OC1)N1CCCC1. The second-order valence-corrected chi connectivity index (χ2v) is 39.5. The zero-order valence-electron chi connectivity index (χ0n) is 79.9. The van der Waals surface area contributed by atoms with Crippen LogP contribution in [0.25, 0.3) is 95.1 Å². The number of aromatic amines is 3. The van der Waals surface area contributed by atoms with Gasteiger partial charge in [0, 0.05) is 77.0 Å². The normalized spacial score (nSPS) is 17.0. The van der Waals surface area contributed by atoms with Crippen LogP contribution in [-0.4, -0.2) is 230 Å². The van der Waals surface area contributed by atoms with Crippen molar-refractivity contribution in [1.82, 2.24) is 54.4 Å². The minimum absolute atomic E-state index is 0.0510. The third-order valence-corrected chi connectivity index (χ3v) is 29.0. The molecule has 6 aromatic heterocycles. The molecule has 5 saturated heterocycles. The number of amides is 1. The second kappa shape index (κ2) is 45.8. The van der Waals surface area contributed by atoms with E-state index in [1.54, 1.807) is 18.6 Å². The summed E-state index contributed by atoms with van der Waals surface area (Å²) >= 11 is 18.2. The number of ether oxygens (including phenoxy) is 5. The Morgan fingerprint density at radius 1 is 0.383 bits per heavy atom. The van der Waals surface area contributed by atoms with Crippen LogP contribution in [0.5, 0.6) is 28.7 Å². The first-order chi connectivity index (χ1) is 68.8. The van der Waals surface area contributed by atoms with Crippen LogP contribution in [0.1, 0.15) is 133 Å². The first-order valence-corrected chi connectivity index (χ1v) is 50.6. The van der Waals surface area contributed by atoms with Gasteiger partial charge in [-0.05, 0) is 302 Å². The number of β-amino-alcohol motifs (C(OH)–C–C–N with tert-alkyl or cyclic N) is 4. The molecule has 0 radical (unpaired) electrons. The number of hydrogen-bond acceptors (Lipinski definition) is 20. The van der Waals surface area contributed by atoms with Gasteiger partial charge >= 0.3 is 0 Å². The molecule has 0 saturated carbocycles. The summed E-state index contributed by atoms with van der Waals surface area (Å²) in [5.74, 6) is 9.71. The summed E-state index contributed by atoms with van der Waals surface area (Å²) in [6.07, 6.45) is 15.5. The number of H-pyrrole nitrogens is 3. The lowest BCUT2D eigenvalue weighted by molar-refractivity contribution is -0.126. The van der Waals surface area contributed by atoms with Gasteiger partial charge in [0.05, 0.1) is 39.8 Å². The lowest BCUT2D eigenvalue weighted by Gasteiger charge is -2.33. The molecule has 1 amide bonds. The van der Waals surface area contributed by atoms with Gasteiger partial charge in [-0.1, -0.05) is 162 Å². The number of hydrogen-bond donors (Lipinski definition) is 7. The standard InChI is InChI=1S/C32H36N2O4.C30H31N3O3.C26H27Cl2N3O3.C26H28ClN3O3/c35-28(20-33-16-12-24(13-17-33)26-11-10-23-6-1-2-7-25(23)18-26)22-38-31-9-5-8-30-29(31)19-27(21-37-30)32(36)34-14-3-4-15-34;1-20-17-31-30(36-20)28-16-26-27(32-28)7-4-8-29(26)35-19-25(34)18-33-13-11-22(12-14-33)24-10-9-21-5-2-3-6-23(21)15-24;1-16-13-29-26(34-16)24-12-20-23(30-24)3-2-4-25(20)33-15-19(32)14-31-9-7-17(8-10-31)18-5-6-21(27)22(28)11-18;1-17-14-28-26(33-17)24-13-22-23(29-24)3-2-4-25(22)32-16-21(31)15-30-11-9-19(10-12-30)18-5-7-20(27)8-6-18/h1-2,5-11,18-19,24,28,35H,3-4,12-17,20-22H2;2-10,15-17,22,25,32,34H,11-14,18-19H2,1H3;2-6,11-13,17,19,30,32H,7-10,14-15H2,1H3;2-8,13-14,19,21,29,31H,9-12,15-16H2,1H3/t28-;25-;19-;21-/m0000/s1. The Labute approximate surface area is 836 Å². The van der Waals surface area contributed by atoms with Gasteiger partial charge in [-0.25, -0.2) is 15.0 Å². The summed E-state index contributed by atoms with van der Waals surface area (Å²) in [6, 6.07) is 74.0. The molecule has 0 unspecified atom stereocenters. The molecule has 16 aromatic rings. The number of aliphatic hydroxyl groups is 4. The minimum Gasteiger partial charge on any atom is -0.490 e. The molecule has 0 aliphatic carbocycles. The predicted octanol–water partition coefficient (Wildman–Crippen LogP) is 22.2. The highest BCUT2D eigenvalue weighted by Crippen LogP contribution is 2.41. The van der Waals surface area contributed by atoms with Crippen LogP contribution in [0, 0.1) is 20.8 Å². The van der Waals surface area contributed by atoms with Crippen molar-refractivity contribution in [3.05, 3.63) is 303 Å². The highest BCUT2D eigenvalue weighted by Gasteiger charge is 2.32. The molecule has 6 aliphatic heterocycles. The fourth-order valence-electron chi connectivity index (χ4n) is 20.4. The molecule has 10 aromatic carbocycles. The van der Waals surface area contributed by atoms with Crippen LogP contribution in [-0.2, 0) is 4.79 Å². The molecular weight excluding hydrogens is 1840 g/mol. The lowest BCUT2D eigenvalue weighted by Crippen LogP contribution is -2.40. The van der Waals surface area contributed by atoms with Crippen molar-refractivity contribution in [3.63, 3.8) is 0 Å². The highest BCUT2D eigenvalue weighted by atomic mass is 35.5. The van der Waals surface area contributed by atoms with E-state index in [0.29, 0.717) is 94.6 Å². The molecule has 6 aliphatic rings. The quantitative estimate of drug-likeness (QED) is 0.0240. The number of aryl methyl sites for hydroxylation is 3. The Kier molecular flexibility index (Phi) is 31.7. The zero-order valence-corrected chi connectivity index (χ0v) is 82.2. The molecule has 4 atom stereocenters. The molecular formula is C114H122Cl3N11O13. The van der Waals surface area contributed by atoms with Crippen LogP contribution < -0.4 is 23.7 Å².